The SMILES string of the molecule is CCOc1cc(/C=C(/C#N)c2nnc(-c3ccccc3)n2C)ccc1OCC(=O)Nc1ccccc1. The number of nitrogens with zero attached hydrogens (tertiary/aromatic N) is 4. The fraction of sp³-hybridized carbons (Fsp3) is 0.143. The molecule has 0 radical (unpaired) electrons. The Kier molecular flexibility index (Phi) is 7.73. The number of para-hydroxylation sites is 1. The second-order valence-corrected chi connectivity index (χ2v) is 7.78. The quantitative estimate of drug-likeness (QED) is 0.340. The molecule has 0 spiro atoms. The summed E-state index contributed by atoms with van der Waals surface area (Å²) >= 11 is 0. The van der Waals surface area contributed by atoms with Gasteiger partial charge in [-0.1, -0.05) is 54.6 Å². The predicted octanol–water partition coefficient (Wildman–Crippen LogP) is 4.96. The van der Waals surface area contributed by atoms with Gasteiger partial charge in [-0.2, -0.15) is 5.26 Å². The fourth-order valence-corrected chi connectivity index (χ4v) is 3.58. The molecule has 0 atom stereocenters. The van der Waals surface area contributed by atoms with E-state index in [1.807, 2.05) is 62.5 Å². The zero-order valence-electron chi connectivity index (χ0n) is 20.0. The summed E-state index contributed by atoms with van der Waals surface area (Å²) in [6.45, 7) is 2.10. The number of nitrogens with one attached hydrogen (secondary N) is 1. The maximum atomic E-state index is 12.3. The van der Waals surface area contributed by atoms with Crippen molar-refractivity contribution in [3.63, 3.8) is 0 Å². The molecular formula is C28H25N5O3. The number of carbonyl (C=O) groups excluding carboxylic acids is 1. The lowest BCUT2D eigenvalue weighted by Gasteiger charge is -2.13. The molecule has 1 amide bonds. The van der Waals surface area contributed by atoms with Gasteiger partial charge in [-0.15, -0.1) is 10.2 Å². The first-order valence-electron chi connectivity index (χ1n) is 11.4. The van der Waals surface area contributed by atoms with Gasteiger partial charge in [-0.05, 0) is 42.8 Å². The van der Waals surface area contributed by atoms with E-state index in [4.69, 9.17) is 9.47 Å². The van der Waals surface area contributed by atoms with Crippen molar-refractivity contribution in [2.45, 2.75) is 6.92 Å². The molecule has 0 aliphatic rings. The standard InChI is InChI=1S/C28H25N5O3/c1-3-35-25-17-20(14-15-24(25)36-19-26(34)30-23-12-8-5-9-13-23)16-22(18-29)28-32-31-27(33(28)2)21-10-6-4-7-11-21/h4-17H,3,19H2,1-2H3,(H,30,34)/b22-16-. The fourth-order valence-electron chi connectivity index (χ4n) is 3.58. The van der Waals surface area contributed by atoms with Gasteiger partial charge in [0.2, 0.25) is 0 Å². The summed E-state index contributed by atoms with van der Waals surface area (Å²) in [5, 5.41) is 21.1. The number of ether oxygens (including phenoxy) is 2. The normalized spacial score (nSPS) is 11.0. The highest BCUT2D eigenvalue weighted by atomic mass is 16.5. The molecule has 3 aromatic carbocycles. The number of hydrogen-bond donors (Lipinski definition) is 1. The molecule has 0 saturated carbocycles. The van der Waals surface area contributed by atoms with E-state index in [1.165, 1.54) is 0 Å². The van der Waals surface area contributed by atoms with Crippen LogP contribution in [-0.4, -0.2) is 33.9 Å². The molecule has 4 aromatic rings. The van der Waals surface area contributed by atoms with Gasteiger partial charge >= 0.3 is 0 Å². The molecule has 0 unspecified atom stereocenters. The summed E-state index contributed by atoms with van der Waals surface area (Å²) in [4.78, 5) is 12.3. The summed E-state index contributed by atoms with van der Waals surface area (Å²) in [6.07, 6.45) is 1.72. The molecule has 180 valence electrons. The first-order valence-corrected chi connectivity index (χ1v) is 11.4. The molecule has 8 nitrogen and oxygen atoms in total. The number of amides is 1. The van der Waals surface area contributed by atoms with Crippen molar-refractivity contribution in [2.24, 2.45) is 7.05 Å². The number of aromatic nitrogens is 3. The number of anilines is 1. The van der Waals surface area contributed by atoms with E-state index in [1.54, 1.807) is 41.0 Å². The van der Waals surface area contributed by atoms with E-state index in [0.717, 1.165) is 11.1 Å². The molecule has 1 aromatic heterocycles. The van der Waals surface area contributed by atoms with Crippen LogP contribution in [-0.2, 0) is 11.8 Å². The molecule has 0 fully saturated rings. The lowest BCUT2D eigenvalue weighted by Crippen LogP contribution is -2.20. The largest absolute Gasteiger partial charge is 0.490 e. The van der Waals surface area contributed by atoms with Gasteiger partial charge in [0.15, 0.2) is 29.8 Å². The Balaban J connectivity index is 1.53. The predicted molar refractivity (Wildman–Crippen MR) is 138 cm³/mol. The molecule has 0 bridgehead atoms. The smallest absolute Gasteiger partial charge is 0.262 e. The zero-order chi connectivity index (χ0) is 25.3. The van der Waals surface area contributed by atoms with Gasteiger partial charge < -0.3 is 19.4 Å². The Hall–Kier alpha value is -4.90. The minimum absolute atomic E-state index is 0.172. The highest BCUT2D eigenvalue weighted by molar-refractivity contribution is 5.92. The third kappa shape index (κ3) is 5.77. The van der Waals surface area contributed by atoms with E-state index in [2.05, 4.69) is 21.6 Å². The molecule has 0 aliphatic heterocycles. The molecule has 4 rings (SSSR count). The Morgan fingerprint density at radius 1 is 1.00 bits per heavy atom. The van der Waals surface area contributed by atoms with Crippen molar-refractivity contribution in [1.29, 1.82) is 5.26 Å². The number of hydrogen-bond acceptors (Lipinski definition) is 6. The highest BCUT2D eigenvalue weighted by Gasteiger charge is 2.15. The summed E-state index contributed by atoms with van der Waals surface area (Å²) in [6, 6.07) is 26.3. The third-order valence-electron chi connectivity index (χ3n) is 5.26. The number of rotatable bonds is 9. The summed E-state index contributed by atoms with van der Waals surface area (Å²) in [5.41, 5.74) is 2.68. The van der Waals surface area contributed by atoms with Gasteiger partial charge in [-0.3, -0.25) is 4.79 Å². The molecule has 1 heterocycles. The molecule has 1 N–H and O–H groups in total. The van der Waals surface area contributed by atoms with Gasteiger partial charge in [0.1, 0.15) is 6.07 Å². The van der Waals surface area contributed by atoms with Crippen molar-refractivity contribution < 1.29 is 14.3 Å². The van der Waals surface area contributed by atoms with Gasteiger partial charge in [0.05, 0.1) is 12.2 Å². The number of allylic oxidation sites excluding steroid dienone is 1. The maximum absolute atomic E-state index is 12.3. The third-order valence-corrected chi connectivity index (χ3v) is 5.26. The lowest BCUT2D eigenvalue weighted by molar-refractivity contribution is -0.118. The summed E-state index contributed by atoms with van der Waals surface area (Å²) in [7, 11) is 1.83. The van der Waals surface area contributed by atoms with Crippen LogP contribution >= 0.6 is 0 Å². The number of benzene rings is 3. The monoisotopic (exact) mass is 479 g/mol. The Morgan fingerprint density at radius 3 is 2.42 bits per heavy atom. The average Bonchev–Trinajstić information content (AvgIpc) is 3.29. The summed E-state index contributed by atoms with van der Waals surface area (Å²) in [5.74, 6) is 1.74. The zero-order valence-corrected chi connectivity index (χ0v) is 20.0. The van der Waals surface area contributed by atoms with Crippen LogP contribution in [0.3, 0.4) is 0 Å². The Labute approximate surface area is 209 Å². The van der Waals surface area contributed by atoms with E-state index in [-0.39, 0.29) is 12.5 Å². The van der Waals surface area contributed by atoms with Crippen LogP contribution in [0.25, 0.3) is 23.0 Å². The van der Waals surface area contributed by atoms with E-state index >= 15 is 0 Å². The second kappa shape index (κ2) is 11.5. The topological polar surface area (TPSA) is 102 Å². The van der Waals surface area contributed by atoms with Crippen molar-refractivity contribution in [3.05, 3.63) is 90.3 Å². The van der Waals surface area contributed by atoms with E-state index in [0.29, 0.717) is 41.0 Å². The molecule has 0 saturated heterocycles. The van der Waals surface area contributed by atoms with E-state index < -0.39 is 0 Å². The minimum atomic E-state index is -0.282. The lowest BCUT2D eigenvalue weighted by atomic mass is 10.1. The molecule has 8 heteroatoms. The van der Waals surface area contributed by atoms with Crippen molar-refractivity contribution in [1.82, 2.24) is 14.8 Å². The van der Waals surface area contributed by atoms with Gasteiger partial charge in [0, 0.05) is 18.3 Å². The van der Waals surface area contributed by atoms with Gasteiger partial charge in [-0.25, -0.2) is 0 Å². The summed E-state index contributed by atoms with van der Waals surface area (Å²) < 4.78 is 13.2. The Bertz CT molecular complexity index is 1410. The average molecular weight is 480 g/mol. The number of nitriles is 1. The highest BCUT2D eigenvalue weighted by Crippen LogP contribution is 2.30. The van der Waals surface area contributed by atoms with Gasteiger partial charge in [0.25, 0.3) is 5.91 Å². The molecular weight excluding hydrogens is 454 g/mol. The van der Waals surface area contributed by atoms with Crippen LogP contribution in [0.2, 0.25) is 0 Å². The van der Waals surface area contributed by atoms with Crippen molar-refractivity contribution >= 4 is 23.2 Å². The molecule has 0 aliphatic carbocycles. The van der Waals surface area contributed by atoms with Crippen molar-refractivity contribution in [3.8, 4) is 29.0 Å². The second-order valence-electron chi connectivity index (χ2n) is 7.78. The maximum Gasteiger partial charge on any atom is 0.262 e. The van der Waals surface area contributed by atoms with Crippen LogP contribution in [0.15, 0.2) is 78.9 Å². The first-order chi connectivity index (χ1) is 17.6. The van der Waals surface area contributed by atoms with Crippen LogP contribution < -0.4 is 14.8 Å². The molecule has 36 heavy (non-hydrogen) atoms. The Morgan fingerprint density at radius 2 is 1.72 bits per heavy atom. The van der Waals surface area contributed by atoms with E-state index in [9.17, 15) is 10.1 Å². The van der Waals surface area contributed by atoms with Crippen LogP contribution in [0.1, 0.15) is 18.3 Å². The van der Waals surface area contributed by atoms with Crippen LogP contribution in [0.4, 0.5) is 5.69 Å². The number of carbonyl (C=O) groups is 1. The first kappa shape index (κ1) is 24.2. The van der Waals surface area contributed by atoms with Crippen molar-refractivity contribution in [2.75, 3.05) is 18.5 Å². The van der Waals surface area contributed by atoms with Crippen LogP contribution in [0, 0.1) is 11.3 Å². The van der Waals surface area contributed by atoms with Crippen LogP contribution in [0.5, 0.6) is 11.5 Å². The minimum Gasteiger partial charge on any atom is -0.490 e.